The Labute approximate surface area is 181 Å². The predicted molar refractivity (Wildman–Crippen MR) is 119 cm³/mol. The normalized spacial score (nSPS) is 16.5. The van der Waals surface area contributed by atoms with E-state index in [-0.39, 0.29) is 17.8 Å². The highest BCUT2D eigenvalue weighted by Crippen LogP contribution is 2.27. The maximum atomic E-state index is 14.0. The minimum Gasteiger partial charge on any atom is -0.393 e. The molecule has 6 nitrogen and oxygen atoms in total. The Morgan fingerprint density at radius 3 is 2.65 bits per heavy atom. The van der Waals surface area contributed by atoms with Gasteiger partial charge < -0.3 is 20.3 Å². The number of halogens is 1. The molecule has 2 aromatic carbocycles. The number of rotatable bonds is 5. The standard InChI is InChI=1S/C24H27FN4O2/c1-16(17-6-8-18(9-7-17)21-4-2-3-5-22(21)25)14-19-15-23(31-28-19)27-24(26)29-12-10-20(30)11-13-29/h2-9,15-16,20,30H,10-14H2,1H3,(H2,26,27). The summed E-state index contributed by atoms with van der Waals surface area (Å²) in [5.74, 6) is 0.739. The molecule has 1 unspecified atom stereocenters. The molecule has 0 amide bonds. The van der Waals surface area contributed by atoms with Crippen molar-refractivity contribution in [3.05, 3.63) is 71.7 Å². The molecule has 1 aliphatic heterocycles. The van der Waals surface area contributed by atoms with Crippen molar-refractivity contribution in [3.63, 3.8) is 0 Å². The van der Waals surface area contributed by atoms with E-state index in [0.717, 1.165) is 16.8 Å². The molecule has 0 radical (unpaired) electrons. The molecule has 31 heavy (non-hydrogen) atoms. The van der Waals surface area contributed by atoms with E-state index in [1.54, 1.807) is 18.2 Å². The average Bonchev–Trinajstić information content (AvgIpc) is 3.21. The first kappa shape index (κ1) is 21.1. The lowest BCUT2D eigenvalue weighted by Gasteiger charge is -2.29. The molecule has 3 N–H and O–H groups in total. The number of aliphatic hydroxyl groups is 1. The minimum atomic E-state index is -0.261. The zero-order chi connectivity index (χ0) is 21.8. The van der Waals surface area contributed by atoms with Crippen molar-refractivity contribution in [2.75, 3.05) is 13.1 Å². The minimum absolute atomic E-state index is 0.206. The van der Waals surface area contributed by atoms with Crippen molar-refractivity contribution in [1.82, 2.24) is 10.1 Å². The molecule has 162 valence electrons. The van der Waals surface area contributed by atoms with Crippen molar-refractivity contribution < 1.29 is 14.0 Å². The summed E-state index contributed by atoms with van der Waals surface area (Å²) < 4.78 is 19.3. The van der Waals surface area contributed by atoms with Crippen LogP contribution in [0.15, 0.2) is 64.1 Å². The van der Waals surface area contributed by atoms with Crippen LogP contribution in [0.1, 0.15) is 36.9 Å². The Morgan fingerprint density at radius 1 is 1.23 bits per heavy atom. The van der Waals surface area contributed by atoms with Crippen LogP contribution in [0.4, 0.5) is 10.3 Å². The zero-order valence-electron chi connectivity index (χ0n) is 17.5. The lowest BCUT2D eigenvalue weighted by molar-refractivity contribution is 0.109. The Balaban J connectivity index is 1.39. The third-order valence-electron chi connectivity index (χ3n) is 5.74. The van der Waals surface area contributed by atoms with Crippen molar-refractivity contribution in [2.24, 2.45) is 10.7 Å². The van der Waals surface area contributed by atoms with Gasteiger partial charge in [-0.1, -0.05) is 54.5 Å². The molecule has 4 rings (SSSR count). The van der Waals surface area contributed by atoms with Crippen LogP contribution < -0.4 is 5.73 Å². The molecule has 0 spiro atoms. The summed E-state index contributed by atoms with van der Waals surface area (Å²) in [6.07, 6.45) is 1.80. The van der Waals surface area contributed by atoms with Crippen molar-refractivity contribution >= 4 is 11.8 Å². The number of aliphatic imine (C=N–C) groups is 1. The second-order valence-corrected chi connectivity index (χ2v) is 8.05. The van der Waals surface area contributed by atoms with Gasteiger partial charge in [0.2, 0.25) is 0 Å². The highest BCUT2D eigenvalue weighted by molar-refractivity contribution is 5.80. The third kappa shape index (κ3) is 5.11. The Bertz CT molecular complexity index is 1040. The van der Waals surface area contributed by atoms with Crippen molar-refractivity contribution in [2.45, 2.75) is 38.2 Å². The van der Waals surface area contributed by atoms with Gasteiger partial charge in [0.25, 0.3) is 5.88 Å². The van der Waals surface area contributed by atoms with Crippen LogP contribution in [0.3, 0.4) is 0 Å². The summed E-state index contributed by atoms with van der Waals surface area (Å²) in [4.78, 5) is 6.28. The second kappa shape index (κ2) is 9.31. The van der Waals surface area contributed by atoms with Crippen LogP contribution in [0.5, 0.6) is 0 Å². The van der Waals surface area contributed by atoms with Gasteiger partial charge in [-0.2, -0.15) is 4.99 Å². The Kier molecular flexibility index (Phi) is 6.32. The van der Waals surface area contributed by atoms with Crippen LogP contribution >= 0.6 is 0 Å². The summed E-state index contributed by atoms with van der Waals surface area (Å²) in [6, 6.07) is 16.5. The van der Waals surface area contributed by atoms with Crippen LogP contribution in [-0.2, 0) is 6.42 Å². The molecule has 1 aromatic heterocycles. The maximum Gasteiger partial charge on any atom is 0.253 e. The first-order valence-electron chi connectivity index (χ1n) is 10.6. The van der Waals surface area contributed by atoms with Gasteiger partial charge in [-0.25, -0.2) is 4.39 Å². The average molecular weight is 423 g/mol. The molecular formula is C24H27FN4O2. The van der Waals surface area contributed by atoms with Crippen molar-refractivity contribution in [1.29, 1.82) is 0 Å². The lowest BCUT2D eigenvalue weighted by Crippen LogP contribution is -2.43. The quantitative estimate of drug-likeness (QED) is 0.475. The largest absolute Gasteiger partial charge is 0.393 e. The van der Waals surface area contributed by atoms with E-state index in [1.807, 2.05) is 35.2 Å². The number of likely N-dealkylation sites (tertiary alicyclic amines) is 1. The van der Waals surface area contributed by atoms with Gasteiger partial charge in [-0.3, -0.25) is 0 Å². The highest BCUT2D eigenvalue weighted by atomic mass is 19.1. The molecular weight excluding hydrogens is 395 g/mol. The number of nitrogens with two attached hydrogens (primary N) is 1. The molecule has 1 saturated heterocycles. The number of guanidine groups is 1. The fourth-order valence-electron chi connectivity index (χ4n) is 3.85. The Morgan fingerprint density at radius 2 is 1.94 bits per heavy atom. The van der Waals surface area contributed by atoms with Gasteiger partial charge in [-0.15, -0.1) is 0 Å². The molecule has 1 fully saturated rings. The highest BCUT2D eigenvalue weighted by Gasteiger charge is 2.19. The maximum absolute atomic E-state index is 14.0. The molecule has 0 bridgehead atoms. The van der Waals surface area contributed by atoms with Crippen LogP contribution in [0.25, 0.3) is 11.1 Å². The summed E-state index contributed by atoms with van der Waals surface area (Å²) in [7, 11) is 0. The summed E-state index contributed by atoms with van der Waals surface area (Å²) >= 11 is 0. The lowest BCUT2D eigenvalue weighted by atomic mass is 9.94. The van der Waals surface area contributed by atoms with Gasteiger partial charge in [-0.05, 0) is 42.4 Å². The van der Waals surface area contributed by atoms with E-state index in [1.165, 1.54) is 6.07 Å². The Hall–Kier alpha value is -3.19. The first-order chi connectivity index (χ1) is 15.0. The monoisotopic (exact) mass is 422 g/mol. The van der Waals surface area contributed by atoms with Crippen LogP contribution in [0.2, 0.25) is 0 Å². The molecule has 3 aromatic rings. The number of piperidine rings is 1. The zero-order valence-corrected chi connectivity index (χ0v) is 17.5. The van der Waals surface area contributed by atoms with E-state index in [9.17, 15) is 9.50 Å². The van der Waals surface area contributed by atoms with Gasteiger partial charge in [0.1, 0.15) is 5.82 Å². The summed E-state index contributed by atoms with van der Waals surface area (Å²) in [6.45, 7) is 3.47. The number of hydrogen-bond acceptors (Lipinski definition) is 4. The molecule has 2 heterocycles. The SMILES string of the molecule is CC(Cc1cc(N=C(N)N2CCC(O)CC2)on1)c1ccc(-c2ccccc2F)cc1. The molecule has 0 saturated carbocycles. The number of benzene rings is 2. The van der Waals surface area contributed by atoms with E-state index < -0.39 is 0 Å². The fourth-order valence-corrected chi connectivity index (χ4v) is 3.85. The van der Waals surface area contributed by atoms with Crippen molar-refractivity contribution in [3.8, 4) is 11.1 Å². The molecule has 7 heteroatoms. The fraction of sp³-hybridized carbons (Fsp3) is 0.333. The predicted octanol–water partition coefficient (Wildman–Crippen LogP) is 4.23. The van der Waals surface area contributed by atoms with Crippen LogP contribution in [0, 0.1) is 5.82 Å². The number of aliphatic hydroxyl groups excluding tert-OH is 1. The number of hydrogen-bond donors (Lipinski definition) is 2. The second-order valence-electron chi connectivity index (χ2n) is 8.05. The topological polar surface area (TPSA) is 87.9 Å². The van der Waals surface area contributed by atoms with Gasteiger partial charge in [0, 0.05) is 24.7 Å². The molecule has 0 aliphatic carbocycles. The smallest absolute Gasteiger partial charge is 0.253 e. The molecule has 1 aliphatic rings. The number of nitrogens with zero attached hydrogens (tertiary/aromatic N) is 3. The van der Waals surface area contributed by atoms with E-state index in [4.69, 9.17) is 10.3 Å². The van der Waals surface area contributed by atoms with Gasteiger partial charge in [0.05, 0.1) is 11.8 Å². The van der Waals surface area contributed by atoms with E-state index >= 15 is 0 Å². The number of aromatic nitrogens is 1. The van der Waals surface area contributed by atoms with Gasteiger partial charge >= 0.3 is 0 Å². The third-order valence-corrected chi connectivity index (χ3v) is 5.74. The summed E-state index contributed by atoms with van der Waals surface area (Å²) in [5.41, 5.74) is 9.47. The summed E-state index contributed by atoms with van der Waals surface area (Å²) in [5, 5.41) is 13.7. The van der Waals surface area contributed by atoms with Crippen LogP contribution in [-0.4, -0.2) is 40.3 Å². The van der Waals surface area contributed by atoms with E-state index in [2.05, 4.69) is 17.1 Å². The van der Waals surface area contributed by atoms with E-state index in [0.29, 0.717) is 49.8 Å². The molecule has 1 atom stereocenters. The van der Waals surface area contributed by atoms with Gasteiger partial charge in [0.15, 0.2) is 5.96 Å². The first-order valence-corrected chi connectivity index (χ1v) is 10.6.